The number of hydrogen-bond acceptors (Lipinski definition) is 3. The molecule has 8 heteroatoms. The van der Waals surface area contributed by atoms with E-state index in [9.17, 15) is 22.8 Å². The first-order valence-corrected chi connectivity index (χ1v) is 9.49. The molecule has 0 bridgehead atoms. The fraction of sp³-hybridized carbons (Fsp3) is 0.647. The maximum absolute atomic E-state index is 13.1. The van der Waals surface area contributed by atoms with Gasteiger partial charge in [-0.15, -0.1) is 11.3 Å². The Morgan fingerprint density at radius 1 is 1.16 bits per heavy atom. The number of carbonyl (C=O) groups is 2. The summed E-state index contributed by atoms with van der Waals surface area (Å²) in [5.74, 6) is -2.42. The molecule has 2 aliphatic carbocycles. The standard InChI is InChI=1S/C17H21F3N2O2S/c18-17(19,20)16(24)22(12-8-9-12)14(13-7-4-10-25-13)15(23)21-11-5-2-1-3-6-11/h4,7,10-12,14H,1-3,5-6,8-9H2,(H,21,23). The molecule has 1 N–H and O–H groups in total. The number of hydrogen-bond donors (Lipinski definition) is 1. The molecule has 0 spiro atoms. The summed E-state index contributed by atoms with van der Waals surface area (Å²) in [6.07, 6.45) is 0.801. The highest BCUT2D eigenvalue weighted by Gasteiger charge is 2.51. The van der Waals surface area contributed by atoms with Gasteiger partial charge < -0.3 is 10.2 Å². The van der Waals surface area contributed by atoms with Gasteiger partial charge in [0.25, 0.3) is 0 Å². The summed E-state index contributed by atoms with van der Waals surface area (Å²) >= 11 is 1.20. The molecule has 25 heavy (non-hydrogen) atoms. The molecule has 2 amide bonds. The second kappa shape index (κ2) is 7.35. The fourth-order valence-electron chi connectivity index (χ4n) is 3.36. The summed E-state index contributed by atoms with van der Waals surface area (Å²) in [5, 5.41) is 4.59. The Bertz CT molecular complexity index is 608. The molecular weight excluding hydrogens is 353 g/mol. The Morgan fingerprint density at radius 2 is 1.84 bits per heavy atom. The SMILES string of the molecule is O=C(NC1CCCCC1)C(c1cccs1)N(C(=O)C(F)(F)F)C1CC1. The predicted octanol–water partition coefficient (Wildman–Crippen LogP) is 3.79. The normalized spacial score (nSPS) is 20.1. The second-order valence-corrected chi connectivity index (χ2v) is 7.68. The minimum absolute atomic E-state index is 0.0224. The van der Waals surface area contributed by atoms with E-state index in [1.165, 1.54) is 11.3 Å². The number of alkyl halides is 3. The zero-order chi connectivity index (χ0) is 18.0. The molecule has 2 fully saturated rings. The number of halogens is 3. The molecule has 138 valence electrons. The van der Waals surface area contributed by atoms with Crippen LogP contribution in [-0.2, 0) is 9.59 Å². The highest BCUT2D eigenvalue weighted by atomic mass is 32.1. The molecule has 0 saturated heterocycles. The Balaban J connectivity index is 1.85. The highest BCUT2D eigenvalue weighted by molar-refractivity contribution is 7.10. The number of nitrogens with zero attached hydrogens (tertiary/aromatic N) is 1. The number of nitrogens with one attached hydrogen (secondary N) is 1. The summed E-state index contributed by atoms with van der Waals surface area (Å²) in [5.41, 5.74) is 0. The topological polar surface area (TPSA) is 49.4 Å². The summed E-state index contributed by atoms with van der Waals surface area (Å²) < 4.78 is 39.3. The minimum Gasteiger partial charge on any atom is -0.351 e. The lowest BCUT2D eigenvalue weighted by Gasteiger charge is -2.33. The molecule has 4 nitrogen and oxygen atoms in total. The number of amides is 2. The molecule has 3 rings (SSSR count). The first-order valence-electron chi connectivity index (χ1n) is 8.61. The molecule has 1 aromatic heterocycles. The van der Waals surface area contributed by atoms with Crippen LogP contribution in [0.3, 0.4) is 0 Å². The molecule has 1 aromatic rings. The van der Waals surface area contributed by atoms with Crippen LogP contribution in [0.5, 0.6) is 0 Å². The van der Waals surface area contributed by atoms with Crippen LogP contribution in [0.4, 0.5) is 13.2 Å². The van der Waals surface area contributed by atoms with Crippen LogP contribution in [0.25, 0.3) is 0 Å². The van der Waals surface area contributed by atoms with E-state index >= 15 is 0 Å². The van der Waals surface area contributed by atoms with Crippen molar-refractivity contribution in [1.82, 2.24) is 10.2 Å². The van der Waals surface area contributed by atoms with E-state index in [1.807, 2.05) is 0 Å². The van der Waals surface area contributed by atoms with Crippen molar-refractivity contribution in [3.05, 3.63) is 22.4 Å². The largest absolute Gasteiger partial charge is 0.471 e. The number of rotatable bonds is 5. The molecule has 0 aliphatic heterocycles. The van der Waals surface area contributed by atoms with E-state index < -0.39 is 30.1 Å². The molecule has 2 saturated carbocycles. The Labute approximate surface area is 148 Å². The van der Waals surface area contributed by atoms with Gasteiger partial charge in [0.2, 0.25) is 5.91 Å². The van der Waals surface area contributed by atoms with Crippen LogP contribution < -0.4 is 5.32 Å². The van der Waals surface area contributed by atoms with Gasteiger partial charge in [-0.1, -0.05) is 25.3 Å². The molecular formula is C17H21F3N2O2S. The van der Waals surface area contributed by atoms with E-state index in [0.717, 1.165) is 37.0 Å². The van der Waals surface area contributed by atoms with Crippen molar-refractivity contribution >= 4 is 23.2 Å². The van der Waals surface area contributed by atoms with Gasteiger partial charge in [-0.3, -0.25) is 9.59 Å². The minimum atomic E-state index is -4.98. The van der Waals surface area contributed by atoms with Crippen LogP contribution in [0.1, 0.15) is 55.9 Å². The maximum atomic E-state index is 13.1. The molecule has 1 heterocycles. The highest BCUT2D eigenvalue weighted by Crippen LogP contribution is 2.39. The Morgan fingerprint density at radius 3 is 2.36 bits per heavy atom. The van der Waals surface area contributed by atoms with Gasteiger partial charge in [-0.05, 0) is 37.1 Å². The van der Waals surface area contributed by atoms with Crippen LogP contribution in [0.2, 0.25) is 0 Å². The zero-order valence-corrected chi connectivity index (χ0v) is 14.5. The van der Waals surface area contributed by atoms with E-state index in [1.54, 1.807) is 17.5 Å². The lowest BCUT2D eigenvalue weighted by atomic mass is 9.95. The van der Waals surface area contributed by atoms with Gasteiger partial charge in [0.15, 0.2) is 0 Å². The van der Waals surface area contributed by atoms with E-state index in [0.29, 0.717) is 17.7 Å². The van der Waals surface area contributed by atoms with Gasteiger partial charge in [0.1, 0.15) is 6.04 Å². The van der Waals surface area contributed by atoms with Crippen LogP contribution in [-0.4, -0.2) is 35.0 Å². The van der Waals surface area contributed by atoms with Crippen molar-refractivity contribution in [3.8, 4) is 0 Å². The summed E-state index contributed by atoms with van der Waals surface area (Å²) in [4.78, 5) is 26.1. The first-order chi connectivity index (χ1) is 11.9. The quantitative estimate of drug-likeness (QED) is 0.852. The molecule has 1 atom stereocenters. The predicted molar refractivity (Wildman–Crippen MR) is 88.0 cm³/mol. The van der Waals surface area contributed by atoms with Crippen molar-refractivity contribution in [2.75, 3.05) is 0 Å². The average molecular weight is 374 g/mol. The van der Waals surface area contributed by atoms with Crippen molar-refractivity contribution in [2.45, 2.75) is 69.2 Å². The monoisotopic (exact) mass is 374 g/mol. The Kier molecular flexibility index (Phi) is 5.36. The molecule has 1 unspecified atom stereocenters. The summed E-state index contributed by atoms with van der Waals surface area (Å²) in [7, 11) is 0. The molecule has 0 radical (unpaired) electrons. The fourth-order valence-corrected chi connectivity index (χ4v) is 4.18. The van der Waals surface area contributed by atoms with E-state index in [-0.39, 0.29) is 6.04 Å². The zero-order valence-electron chi connectivity index (χ0n) is 13.7. The van der Waals surface area contributed by atoms with E-state index in [2.05, 4.69) is 5.32 Å². The summed E-state index contributed by atoms with van der Waals surface area (Å²) in [6.45, 7) is 0. The van der Waals surface area contributed by atoms with Gasteiger partial charge in [0, 0.05) is 17.0 Å². The van der Waals surface area contributed by atoms with Crippen molar-refractivity contribution in [3.63, 3.8) is 0 Å². The lowest BCUT2D eigenvalue weighted by molar-refractivity contribution is -0.189. The van der Waals surface area contributed by atoms with Crippen LogP contribution in [0.15, 0.2) is 17.5 Å². The maximum Gasteiger partial charge on any atom is 0.471 e. The first kappa shape index (κ1) is 18.2. The molecule has 2 aliphatic rings. The lowest BCUT2D eigenvalue weighted by Crippen LogP contribution is -2.51. The van der Waals surface area contributed by atoms with Gasteiger partial charge in [-0.25, -0.2) is 0 Å². The van der Waals surface area contributed by atoms with Gasteiger partial charge in [0.05, 0.1) is 0 Å². The average Bonchev–Trinajstić information content (AvgIpc) is 3.26. The Hall–Kier alpha value is -1.57. The van der Waals surface area contributed by atoms with Crippen molar-refractivity contribution in [2.24, 2.45) is 0 Å². The number of thiophene rings is 1. The molecule has 0 aromatic carbocycles. The van der Waals surface area contributed by atoms with Crippen LogP contribution in [0, 0.1) is 0 Å². The van der Waals surface area contributed by atoms with Crippen LogP contribution >= 0.6 is 11.3 Å². The van der Waals surface area contributed by atoms with E-state index in [4.69, 9.17) is 0 Å². The van der Waals surface area contributed by atoms with Crippen molar-refractivity contribution < 1.29 is 22.8 Å². The third kappa shape index (κ3) is 4.34. The summed E-state index contributed by atoms with van der Waals surface area (Å²) in [6, 6.07) is 1.56. The van der Waals surface area contributed by atoms with Gasteiger partial charge in [-0.2, -0.15) is 13.2 Å². The smallest absolute Gasteiger partial charge is 0.351 e. The number of carbonyl (C=O) groups excluding carboxylic acids is 2. The van der Waals surface area contributed by atoms with Gasteiger partial charge >= 0.3 is 12.1 Å². The van der Waals surface area contributed by atoms with Crippen molar-refractivity contribution in [1.29, 1.82) is 0 Å². The third-order valence-electron chi connectivity index (χ3n) is 4.71. The second-order valence-electron chi connectivity index (χ2n) is 6.70. The third-order valence-corrected chi connectivity index (χ3v) is 5.63.